The first kappa shape index (κ1) is 13.3. The van der Waals surface area contributed by atoms with E-state index in [-0.39, 0.29) is 11.9 Å². The van der Waals surface area contributed by atoms with Crippen molar-refractivity contribution in [1.82, 2.24) is 4.98 Å². The Morgan fingerprint density at radius 2 is 2.26 bits per heavy atom. The van der Waals surface area contributed by atoms with E-state index >= 15 is 0 Å². The first-order valence-corrected chi connectivity index (χ1v) is 6.24. The number of amides is 1. The lowest BCUT2D eigenvalue weighted by molar-refractivity contribution is -0.119. The molecule has 1 amide bonds. The van der Waals surface area contributed by atoms with Gasteiger partial charge in [-0.2, -0.15) is 0 Å². The summed E-state index contributed by atoms with van der Waals surface area (Å²) in [7, 11) is 1.33. The molecule has 102 valence electrons. The van der Waals surface area contributed by atoms with E-state index in [1.165, 1.54) is 13.3 Å². The second-order valence-corrected chi connectivity index (χ2v) is 4.50. The molecule has 0 radical (unpaired) electrons. The van der Waals surface area contributed by atoms with Crippen molar-refractivity contribution in [2.24, 2.45) is 5.73 Å². The number of nitrogens with zero attached hydrogens (tertiary/aromatic N) is 2. The average molecular weight is 263 g/mol. The van der Waals surface area contributed by atoms with Crippen molar-refractivity contribution in [3.05, 3.63) is 23.9 Å². The highest BCUT2D eigenvalue weighted by Gasteiger charge is 2.28. The Labute approximate surface area is 111 Å². The predicted octanol–water partition coefficient (Wildman–Crippen LogP) is 0.712. The van der Waals surface area contributed by atoms with Crippen molar-refractivity contribution in [2.75, 3.05) is 18.6 Å². The van der Waals surface area contributed by atoms with Gasteiger partial charge in [0.05, 0.1) is 12.7 Å². The van der Waals surface area contributed by atoms with Crippen LogP contribution in [0.3, 0.4) is 0 Å². The summed E-state index contributed by atoms with van der Waals surface area (Å²) in [5.41, 5.74) is 5.84. The Morgan fingerprint density at radius 3 is 2.95 bits per heavy atom. The van der Waals surface area contributed by atoms with Gasteiger partial charge in [0.15, 0.2) is 0 Å². The van der Waals surface area contributed by atoms with Crippen LogP contribution < -0.4 is 10.6 Å². The molecule has 0 aromatic carbocycles. The average Bonchev–Trinajstić information content (AvgIpc) is 2.46. The molecule has 0 spiro atoms. The quantitative estimate of drug-likeness (QED) is 0.812. The zero-order chi connectivity index (χ0) is 13.8. The van der Waals surface area contributed by atoms with Gasteiger partial charge in [0.25, 0.3) is 0 Å². The smallest absolute Gasteiger partial charge is 0.338 e. The highest BCUT2D eigenvalue weighted by Crippen LogP contribution is 2.23. The molecule has 1 aliphatic rings. The predicted molar refractivity (Wildman–Crippen MR) is 69.8 cm³/mol. The second-order valence-electron chi connectivity index (χ2n) is 4.50. The van der Waals surface area contributed by atoms with Crippen molar-refractivity contribution in [1.29, 1.82) is 0 Å². The molecule has 0 bridgehead atoms. The van der Waals surface area contributed by atoms with Gasteiger partial charge in [-0.25, -0.2) is 9.78 Å². The number of anilines is 1. The molecule has 1 unspecified atom stereocenters. The molecule has 6 nitrogen and oxygen atoms in total. The van der Waals surface area contributed by atoms with Gasteiger partial charge in [0.1, 0.15) is 11.9 Å². The minimum atomic E-state index is -0.420. The number of primary amides is 1. The summed E-state index contributed by atoms with van der Waals surface area (Å²) in [6.45, 7) is 0.714. The van der Waals surface area contributed by atoms with E-state index in [1.54, 1.807) is 12.1 Å². The number of piperidine rings is 1. The van der Waals surface area contributed by atoms with Crippen LogP contribution in [0.1, 0.15) is 29.6 Å². The molecule has 0 saturated carbocycles. The van der Waals surface area contributed by atoms with Crippen LogP contribution in [0.15, 0.2) is 18.3 Å². The number of aromatic nitrogens is 1. The molecular weight excluding hydrogens is 246 g/mol. The molecule has 1 aromatic heterocycles. The number of rotatable bonds is 3. The molecule has 6 heteroatoms. The maximum absolute atomic E-state index is 11.5. The molecule has 1 atom stereocenters. The van der Waals surface area contributed by atoms with Crippen molar-refractivity contribution in [2.45, 2.75) is 25.3 Å². The first-order valence-electron chi connectivity index (χ1n) is 6.24. The fourth-order valence-corrected chi connectivity index (χ4v) is 2.32. The number of methoxy groups -OCH3 is 1. The third kappa shape index (κ3) is 2.83. The Kier molecular flexibility index (Phi) is 3.99. The van der Waals surface area contributed by atoms with Gasteiger partial charge in [-0.05, 0) is 31.4 Å². The number of esters is 1. The van der Waals surface area contributed by atoms with Crippen molar-refractivity contribution >= 4 is 17.7 Å². The zero-order valence-electron chi connectivity index (χ0n) is 10.8. The van der Waals surface area contributed by atoms with Gasteiger partial charge in [0.2, 0.25) is 5.91 Å². The van der Waals surface area contributed by atoms with Crippen molar-refractivity contribution in [3.8, 4) is 0 Å². The molecule has 2 heterocycles. The van der Waals surface area contributed by atoms with E-state index in [4.69, 9.17) is 5.73 Å². The molecular formula is C13H17N3O3. The van der Waals surface area contributed by atoms with Crippen molar-refractivity contribution in [3.63, 3.8) is 0 Å². The standard InChI is InChI=1S/C13H17N3O3/c1-19-13(18)9-5-6-15-11(8-9)16-7-3-2-4-10(16)12(14)17/h5-6,8,10H,2-4,7H2,1H3,(H2,14,17). The number of pyridine rings is 1. The first-order chi connectivity index (χ1) is 9.13. The third-order valence-electron chi connectivity index (χ3n) is 3.29. The number of carbonyl (C=O) groups is 2. The van der Waals surface area contributed by atoms with E-state index in [9.17, 15) is 9.59 Å². The summed E-state index contributed by atoms with van der Waals surface area (Å²) in [5.74, 6) is -0.187. The normalized spacial score (nSPS) is 19.0. The van der Waals surface area contributed by atoms with Crippen LogP contribution in [-0.4, -0.2) is 36.6 Å². The summed E-state index contributed by atoms with van der Waals surface area (Å²) in [6.07, 6.45) is 4.21. The molecule has 1 saturated heterocycles. The van der Waals surface area contributed by atoms with Gasteiger partial charge in [-0.3, -0.25) is 4.79 Å². The minimum absolute atomic E-state index is 0.353. The maximum Gasteiger partial charge on any atom is 0.338 e. The van der Waals surface area contributed by atoms with Gasteiger partial charge in [0, 0.05) is 12.7 Å². The second kappa shape index (κ2) is 5.69. The largest absolute Gasteiger partial charge is 0.465 e. The fourth-order valence-electron chi connectivity index (χ4n) is 2.32. The summed E-state index contributed by atoms with van der Waals surface area (Å²) in [4.78, 5) is 29.1. The van der Waals surface area contributed by atoms with Crippen LogP contribution in [0.2, 0.25) is 0 Å². The van der Waals surface area contributed by atoms with E-state index in [0.717, 1.165) is 19.3 Å². The van der Waals surface area contributed by atoms with Gasteiger partial charge in [-0.1, -0.05) is 0 Å². The lowest BCUT2D eigenvalue weighted by atomic mass is 10.0. The summed E-state index contributed by atoms with van der Waals surface area (Å²) < 4.78 is 4.68. The van der Waals surface area contributed by atoms with Gasteiger partial charge < -0.3 is 15.4 Å². The number of carbonyl (C=O) groups excluding carboxylic acids is 2. The highest BCUT2D eigenvalue weighted by atomic mass is 16.5. The SMILES string of the molecule is COC(=O)c1ccnc(N2CCCCC2C(N)=O)c1. The Bertz CT molecular complexity index is 490. The number of nitrogens with two attached hydrogens (primary N) is 1. The fraction of sp³-hybridized carbons (Fsp3) is 0.462. The monoisotopic (exact) mass is 263 g/mol. The van der Waals surface area contributed by atoms with Crippen LogP contribution in [0.25, 0.3) is 0 Å². The lowest BCUT2D eigenvalue weighted by Crippen LogP contribution is -2.48. The van der Waals surface area contributed by atoms with E-state index in [1.807, 2.05) is 4.90 Å². The van der Waals surface area contributed by atoms with E-state index in [2.05, 4.69) is 9.72 Å². The third-order valence-corrected chi connectivity index (χ3v) is 3.29. The van der Waals surface area contributed by atoms with E-state index < -0.39 is 5.97 Å². The zero-order valence-corrected chi connectivity index (χ0v) is 10.8. The number of hydrogen-bond acceptors (Lipinski definition) is 5. The van der Waals surface area contributed by atoms with E-state index in [0.29, 0.717) is 17.9 Å². The van der Waals surface area contributed by atoms with Crippen LogP contribution >= 0.6 is 0 Å². The van der Waals surface area contributed by atoms with Gasteiger partial charge >= 0.3 is 5.97 Å². The van der Waals surface area contributed by atoms with Crippen LogP contribution in [-0.2, 0) is 9.53 Å². The van der Waals surface area contributed by atoms with Crippen LogP contribution in [0.4, 0.5) is 5.82 Å². The minimum Gasteiger partial charge on any atom is -0.465 e. The molecule has 1 aliphatic heterocycles. The summed E-state index contributed by atoms with van der Waals surface area (Å²) >= 11 is 0. The lowest BCUT2D eigenvalue weighted by Gasteiger charge is -2.34. The Morgan fingerprint density at radius 1 is 1.47 bits per heavy atom. The molecule has 1 fully saturated rings. The van der Waals surface area contributed by atoms with Gasteiger partial charge in [-0.15, -0.1) is 0 Å². The summed E-state index contributed by atoms with van der Waals surface area (Å²) in [5, 5.41) is 0. The number of ether oxygens (including phenoxy) is 1. The van der Waals surface area contributed by atoms with Crippen LogP contribution in [0.5, 0.6) is 0 Å². The number of hydrogen-bond donors (Lipinski definition) is 1. The molecule has 1 aromatic rings. The summed E-state index contributed by atoms with van der Waals surface area (Å²) in [6, 6.07) is 2.86. The van der Waals surface area contributed by atoms with Crippen molar-refractivity contribution < 1.29 is 14.3 Å². The topological polar surface area (TPSA) is 85.5 Å². The molecule has 19 heavy (non-hydrogen) atoms. The molecule has 2 N–H and O–H groups in total. The Hall–Kier alpha value is -2.11. The Balaban J connectivity index is 2.29. The maximum atomic E-state index is 11.5. The molecule has 0 aliphatic carbocycles. The highest BCUT2D eigenvalue weighted by molar-refractivity contribution is 5.90. The van der Waals surface area contributed by atoms with Crippen LogP contribution in [0, 0.1) is 0 Å². The molecule has 2 rings (SSSR count).